The highest BCUT2D eigenvalue weighted by Gasteiger charge is 2.00. The molecule has 78 valence electrons. The van der Waals surface area contributed by atoms with Gasteiger partial charge < -0.3 is 4.90 Å². The van der Waals surface area contributed by atoms with Crippen molar-refractivity contribution in [1.82, 2.24) is 0 Å². The number of hydrogen-bond donors (Lipinski definition) is 0. The molecular weight excluding hydrogens is 200 g/mol. The van der Waals surface area contributed by atoms with E-state index in [-0.39, 0.29) is 12.4 Å². The van der Waals surface area contributed by atoms with Gasteiger partial charge in [-0.05, 0) is 43.3 Å². The zero-order chi connectivity index (χ0) is 9.68. The summed E-state index contributed by atoms with van der Waals surface area (Å²) in [6.45, 7) is 6.17. The molecule has 1 rings (SSSR count). The summed E-state index contributed by atoms with van der Waals surface area (Å²) < 4.78 is 0. The number of nitroso groups, excluding NO2 is 1. The minimum atomic E-state index is 0. The number of hydrogen-bond acceptors (Lipinski definition) is 3. The van der Waals surface area contributed by atoms with Gasteiger partial charge in [0.1, 0.15) is 5.69 Å². The summed E-state index contributed by atoms with van der Waals surface area (Å²) in [4.78, 5) is 12.4. The van der Waals surface area contributed by atoms with Crippen LogP contribution < -0.4 is 4.90 Å². The highest BCUT2D eigenvalue weighted by molar-refractivity contribution is 5.85. The average molecular weight is 215 g/mol. The van der Waals surface area contributed by atoms with Gasteiger partial charge in [0.25, 0.3) is 0 Å². The number of nitrogens with zero attached hydrogens (tertiary/aromatic N) is 2. The maximum Gasteiger partial charge on any atom is 0.108 e. The van der Waals surface area contributed by atoms with Crippen LogP contribution in [0.3, 0.4) is 0 Å². The molecule has 0 aliphatic heterocycles. The normalized spacial score (nSPS) is 9.00. The van der Waals surface area contributed by atoms with E-state index in [1.807, 2.05) is 12.1 Å². The van der Waals surface area contributed by atoms with Crippen molar-refractivity contribution in [2.75, 3.05) is 18.0 Å². The molecule has 0 heterocycles. The van der Waals surface area contributed by atoms with Crippen LogP contribution in [0.5, 0.6) is 0 Å². The molecule has 3 nitrogen and oxygen atoms in total. The molecule has 0 saturated heterocycles. The Kier molecular flexibility index (Phi) is 5.88. The predicted molar refractivity (Wildman–Crippen MR) is 62.7 cm³/mol. The fourth-order valence-corrected chi connectivity index (χ4v) is 1.31. The highest BCUT2D eigenvalue weighted by atomic mass is 35.5. The van der Waals surface area contributed by atoms with Crippen molar-refractivity contribution in [2.45, 2.75) is 13.8 Å². The fraction of sp³-hybridized carbons (Fsp3) is 0.400. The molecule has 0 fully saturated rings. The third-order valence-corrected chi connectivity index (χ3v) is 2.08. The van der Waals surface area contributed by atoms with Gasteiger partial charge in [-0.3, -0.25) is 0 Å². The van der Waals surface area contributed by atoms with Gasteiger partial charge in [0.15, 0.2) is 0 Å². The van der Waals surface area contributed by atoms with E-state index in [9.17, 15) is 4.91 Å². The summed E-state index contributed by atoms with van der Waals surface area (Å²) in [5.74, 6) is 0. The Hall–Kier alpha value is -1.09. The van der Waals surface area contributed by atoms with Crippen LogP contribution in [0.4, 0.5) is 11.4 Å². The maximum absolute atomic E-state index is 10.2. The van der Waals surface area contributed by atoms with Crippen LogP contribution in [0.2, 0.25) is 0 Å². The van der Waals surface area contributed by atoms with E-state index in [0.29, 0.717) is 5.69 Å². The maximum atomic E-state index is 10.2. The zero-order valence-corrected chi connectivity index (χ0v) is 9.25. The van der Waals surface area contributed by atoms with Crippen molar-refractivity contribution in [3.63, 3.8) is 0 Å². The SMILES string of the molecule is CCN(CC)c1ccc(N=O)cc1.Cl. The number of anilines is 1. The molecule has 0 aromatic heterocycles. The second-order valence-corrected chi connectivity index (χ2v) is 2.78. The van der Waals surface area contributed by atoms with Crippen molar-refractivity contribution in [3.05, 3.63) is 29.2 Å². The molecule has 1 aromatic rings. The third kappa shape index (κ3) is 3.00. The first kappa shape index (κ1) is 12.9. The Balaban J connectivity index is 0.00000169. The molecule has 4 heteroatoms. The molecule has 0 bridgehead atoms. The Labute approximate surface area is 90.5 Å². The van der Waals surface area contributed by atoms with Gasteiger partial charge in [0.2, 0.25) is 0 Å². The van der Waals surface area contributed by atoms with Crippen LogP contribution in [-0.2, 0) is 0 Å². The molecular formula is C10H15ClN2O. The molecule has 0 radical (unpaired) electrons. The van der Waals surface area contributed by atoms with Gasteiger partial charge in [-0.15, -0.1) is 17.3 Å². The van der Waals surface area contributed by atoms with Gasteiger partial charge in [-0.1, -0.05) is 0 Å². The summed E-state index contributed by atoms with van der Waals surface area (Å²) in [6.07, 6.45) is 0. The van der Waals surface area contributed by atoms with Crippen LogP contribution in [0.25, 0.3) is 0 Å². The summed E-state index contributed by atoms with van der Waals surface area (Å²) >= 11 is 0. The van der Waals surface area contributed by atoms with Gasteiger partial charge in [-0.2, -0.15) is 0 Å². The standard InChI is InChI=1S/C10H14N2O.ClH/c1-3-12(4-2)10-7-5-9(11-13)6-8-10;/h5-8H,3-4H2,1-2H3;1H. The van der Waals surface area contributed by atoms with Gasteiger partial charge in [-0.25, -0.2) is 0 Å². The van der Waals surface area contributed by atoms with Crippen LogP contribution in [0.15, 0.2) is 29.4 Å². The van der Waals surface area contributed by atoms with E-state index < -0.39 is 0 Å². The van der Waals surface area contributed by atoms with Crippen molar-refractivity contribution in [1.29, 1.82) is 0 Å². The third-order valence-electron chi connectivity index (χ3n) is 2.08. The summed E-state index contributed by atoms with van der Waals surface area (Å²) in [6, 6.07) is 7.31. The molecule has 0 saturated carbocycles. The molecule has 14 heavy (non-hydrogen) atoms. The fourth-order valence-electron chi connectivity index (χ4n) is 1.31. The summed E-state index contributed by atoms with van der Waals surface area (Å²) in [5, 5.41) is 2.85. The molecule has 0 aliphatic carbocycles. The van der Waals surface area contributed by atoms with E-state index in [1.54, 1.807) is 12.1 Å². The number of rotatable bonds is 4. The Bertz CT molecular complexity index is 270. The average Bonchev–Trinajstić information content (AvgIpc) is 2.21. The Morgan fingerprint density at radius 1 is 1.14 bits per heavy atom. The van der Waals surface area contributed by atoms with Gasteiger partial charge >= 0.3 is 0 Å². The lowest BCUT2D eigenvalue weighted by Gasteiger charge is -2.20. The molecule has 0 unspecified atom stereocenters. The van der Waals surface area contributed by atoms with Crippen LogP contribution in [-0.4, -0.2) is 13.1 Å². The highest BCUT2D eigenvalue weighted by Crippen LogP contribution is 2.18. The molecule has 0 spiro atoms. The first-order chi connectivity index (χ1) is 6.31. The predicted octanol–water partition coefficient (Wildman–Crippen LogP) is 3.35. The Morgan fingerprint density at radius 2 is 1.64 bits per heavy atom. The number of halogens is 1. The summed E-state index contributed by atoms with van der Waals surface area (Å²) in [5.41, 5.74) is 1.62. The van der Waals surface area contributed by atoms with Crippen LogP contribution in [0, 0.1) is 4.91 Å². The van der Waals surface area contributed by atoms with Crippen molar-refractivity contribution in [3.8, 4) is 0 Å². The van der Waals surface area contributed by atoms with Gasteiger partial charge in [0.05, 0.1) is 0 Å². The van der Waals surface area contributed by atoms with Crippen LogP contribution >= 0.6 is 12.4 Å². The lowest BCUT2D eigenvalue weighted by Crippen LogP contribution is -2.21. The molecule has 0 N–H and O–H groups in total. The quantitative estimate of drug-likeness (QED) is 0.720. The topological polar surface area (TPSA) is 32.7 Å². The van der Waals surface area contributed by atoms with Crippen LogP contribution in [0.1, 0.15) is 13.8 Å². The lowest BCUT2D eigenvalue weighted by molar-refractivity contribution is 0.866. The van der Waals surface area contributed by atoms with E-state index >= 15 is 0 Å². The molecule has 1 aromatic carbocycles. The van der Waals surface area contributed by atoms with E-state index in [2.05, 4.69) is 23.9 Å². The number of benzene rings is 1. The molecule has 0 amide bonds. The second kappa shape index (κ2) is 6.38. The van der Waals surface area contributed by atoms with E-state index in [1.165, 1.54) is 0 Å². The smallest absolute Gasteiger partial charge is 0.108 e. The largest absolute Gasteiger partial charge is 0.372 e. The van der Waals surface area contributed by atoms with Crippen molar-refractivity contribution >= 4 is 23.8 Å². The lowest BCUT2D eigenvalue weighted by atomic mass is 10.2. The van der Waals surface area contributed by atoms with Crippen molar-refractivity contribution < 1.29 is 0 Å². The van der Waals surface area contributed by atoms with Gasteiger partial charge in [0, 0.05) is 18.8 Å². The zero-order valence-electron chi connectivity index (χ0n) is 8.43. The monoisotopic (exact) mass is 214 g/mol. The Morgan fingerprint density at radius 3 is 2.00 bits per heavy atom. The van der Waals surface area contributed by atoms with Crippen molar-refractivity contribution in [2.24, 2.45) is 5.18 Å². The molecule has 0 aliphatic rings. The minimum Gasteiger partial charge on any atom is -0.372 e. The first-order valence-corrected chi connectivity index (χ1v) is 4.50. The minimum absolute atomic E-state index is 0. The summed E-state index contributed by atoms with van der Waals surface area (Å²) in [7, 11) is 0. The van der Waals surface area contributed by atoms with E-state index in [0.717, 1.165) is 18.8 Å². The molecule has 0 atom stereocenters. The van der Waals surface area contributed by atoms with E-state index in [4.69, 9.17) is 0 Å². The second-order valence-electron chi connectivity index (χ2n) is 2.78. The first-order valence-electron chi connectivity index (χ1n) is 4.50.